The zero-order valence-corrected chi connectivity index (χ0v) is 15.7. The van der Waals surface area contributed by atoms with E-state index in [0.29, 0.717) is 0 Å². The van der Waals surface area contributed by atoms with Gasteiger partial charge in [-0.2, -0.15) is 0 Å². The van der Waals surface area contributed by atoms with Crippen molar-refractivity contribution in [3.63, 3.8) is 0 Å². The molecule has 0 spiro atoms. The highest BCUT2D eigenvalue weighted by molar-refractivity contribution is 5.63. The van der Waals surface area contributed by atoms with Crippen molar-refractivity contribution >= 4 is 0 Å². The largest absolute Gasteiger partial charge is 0.256 e. The SMILES string of the molecule is Cc1ccc(-c2ccccn2)cc1Cc1cc(-c2ccccn2)ccc1C. The molecule has 0 saturated carbocycles. The van der Waals surface area contributed by atoms with Crippen LogP contribution >= 0.6 is 0 Å². The van der Waals surface area contributed by atoms with Gasteiger partial charge in [-0.1, -0.05) is 36.4 Å². The molecule has 0 radical (unpaired) electrons. The van der Waals surface area contributed by atoms with Gasteiger partial charge in [0.2, 0.25) is 0 Å². The van der Waals surface area contributed by atoms with Crippen LogP contribution in [-0.2, 0) is 6.42 Å². The first kappa shape index (κ1) is 17.2. The fourth-order valence-corrected chi connectivity index (χ4v) is 3.31. The molecule has 0 saturated heterocycles. The van der Waals surface area contributed by atoms with Crippen LogP contribution in [0.15, 0.2) is 85.2 Å². The van der Waals surface area contributed by atoms with Crippen LogP contribution < -0.4 is 0 Å². The van der Waals surface area contributed by atoms with Gasteiger partial charge in [0.15, 0.2) is 0 Å². The lowest BCUT2D eigenvalue weighted by Gasteiger charge is -2.12. The van der Waals surface area contributed by atoms with Crippen LogP contribution in [0.1, 0.15) is 22.3 Å². The molecule has 0 bridgehead atoms. The number of aromatic nitrogens is 2. The molecule has 0 unspecified atom stereocenters. The Labute approximate surface area is 160 Å². The van der Waals surface area contributed by atoms with E-state index in [9.17, 15) is 0 Å². The topological polar surface area (TPSA) is 25.8 Å². The Morgan fingerprint density at radius 2 is 1.07 bits per heavy atom. The zero-order valence-electron chi connectivity index (χ0n) is 15.7. The summed E-state index contributed by atoms with van der Waals surface area (Å²) in [5.74, 6) is 0. The molecule has 2 heteroatoms. The first-order valence-electron chi connectivity index (χ1n) is 9.22. The summed E-state index contributed by atoms with van der Waals surface area (Å²) < 4.78 is 0. The molecule has 0 atom stereocenters. The smallest absolute Gasteiger partial charge is 0.0702 e. The second kappa shape index (κ2) is 7.55. The first-order chi connectivity index (χ1) is 13.2. The summed E-state index contributed by atoms with van der Waals surface area (Å²) in [5.41, 5.74) is 9.62. The second-order valence-corrected chi connectivity index (χ2v) is 6.89. The monoisotopic (exact) mass is 350 g/mol. The lowest BCUT2D eigenvalue weighted by atomic mass is 9.93. The van der Waals surface area contributed by atoms with Gasteiger partial charge in [-0.25, -0.2) is 0 Å². The van der Waals surface area contributed by atoms with Gasteiger partial charge in [0.05, 0.1) is 11.4 Å². The fourth-order valence-electron chi connectivity index (χ4n) is 3.31. The third kappa shape index (κ3) is 3.80. The van der Waals surface area contributed by atoms with Gasteiger partial charge in [-0.3, -0.25) is 9.97 Å². The minimum Gasteiger partial charge on any atom is -0.256 e. The minimum absolute atomic E-state index is 0.902. The Hall–Kier alpha value is -3.26. The standard InChI is InChI=1S/C25H22N2/c1-18-9-11-20(24-7-3-5-13-26-24)15-22(18)17-23-16-21(12-10-19(23)2)25-8-4-6-14-27-25/h3-16H,17H2,1-2H3. The molecule has 0 amide bonds. The lowest BCUT2D eigenvalue weighted by molar-refractivity contribution is 1.13. The summed E-state index contributed by atoms with van der Waals surface area (Å²) in [6.45, 7) is 4.35. The Balaban J connectivity index is 1.70. The Kier molecular flexibility index (Phi) is 4.80. The first-order valence-corrected chi connectivity index (χ1v) is 9.22. The molecule has 2 aromatic carbocycles. The van der Waals surface area contributed by atoms with E-state index in [1.807, 2.05) is 36.7 Å². The Bertz CT molecular complexity index is 967. The van der Waals surface area contributed by atoms with Crippen LogP contribution in [0, 0.1) is 13.8 Å². The molecule has 0 N–H and O–H groups in total. The van der Waals surface area contributed by atoms with E-state index in [-0.39, 0.29) is 0 Å². The van der Waals surface area contributed by atoms with Gasteiger partial charge in [0, 0.05) is 23.5 Å². The molecule has 2 heterocycles. The van der Waals surface area contributed by atoms with Crippen molar-refractivity contribution in [2.45, 2.75) is 20.3 Å². The Morgan fingerprint density at radius 3 is 1.48 bits per heavy atom. The van der Waals surface area contributed by atoms with Gasteiger partial charge in [0.1, 0.15) is 0 Å². The number of hydrogen-bond acceptors (Lipinski definition) is 2. The van der Waals surface area contributed by atoms with Crippen LogP contribution in [0.3, 0.4) is 0 Å². The highest BCUT2D eigenvalue weighted by atomic mass is 14.7. The van der Waals surface area contributed by atoms with E-state index in [4.69, 9.17) is 0 Å². The van der Waals surface area contributed by atoms with E-state index >= 15 is 0 Å². The molecule has 4 rings (SSSR count). The van der Waals surface area contributed by atoms with E-state index in [2.05, 4.69) is 72.3 Å². The van der Waals surface area contributed by atoms with Crippen molar-refractivity contribution in [2.24, 2.45) is 0 Å². The van der Waals surface area contributed by atoms with E-state index in [0.717, 1.165) is 28.9 Å². The minimum atomic E-state index is 0.902. The number of rotatable bonds is 4. The number of nitrogens with zero attached hydrogens (tertiary/aromatic N) is 2. The van der Waals surface area contributed by atoms with E-state index in [1.54, 1.807) is 0 Å². The summed E-state index contributed by atoms with van der Waals surface area (Å²) in [5, 5.41) is 0. The number of aryl methyl sites for hydroxylation is 2. The molecule has 0 fully saturated rings. The van der Waals surface area contributed by atoms with Gasteiger partial charge in [-0.15, -0.1) is 0 Å². The predicted molar refractivity (Wildman–Crippen MR) is 112 cm³/mol. The number of pyridine rings is 2. The quantitative estimate of drug-likeness (QED) is 0.450. The molecule has 132 valence electrons. The number of hydrogen-bond donors (Lipinski definition) is 0. The van der Waals surface area contributed by atoms with Gasteiger partial charge in [0.25, 0.3) is 0 Å². The van der Waals surface area contributed by atoms with Crippen LogP contribution in [-0.4, -0.2) is 9.97 Å². The summed E-state index contributed by atoms with van der Waals surface area (Å²) in [6.07, 6.45) is 4.59. The highest BCUT2D eigenvalue weighted by Crippen LogP contribution is 2.26. The van der Waals surface area contributed by atoms with Gasteiger partial charge < -0.3 is 0 Å². The maximum Gasteiger partial charge on any atom is 0.0702 e. The zero-order chi connectivity index (χ0) is 18.6. The lowest BCUT2D eigenvalue weighted by Crippen LogP contribution is -1.97. The molecule has 4 aromatic rings. The maximum absolute atomic E-state index is 4.49. The second-order valence-electron chi connectivity index (χ2n) is 6.89. The molecular weight excluding hydrogens is 328 g/mol. The average molecular weight is 350 g/mol. The van der Waals surface area contributed by atoms with Crippen LogP contribution in [0.25, 0.3) is 22.5 Å². The summed E-state index contributed by atoms with van der Waals surface area (Å²) in [4.78, 5) is 8.98. The van der Waals surface area contributed by atoms with E-state index in [1.165, 1.54) is 22.3 Å². The average Bonchev–Trinajstić information content (AvgIpc) is 2.72. The van der Waals surface area contributed by atoms with Crippen molar-refractivity contribution in [3.8, 4) is 22.5 Å². The van der Waals surface area contributed by atoms with Crippen molar-refractivity contribution in [3.05, 3.63) is 107 Å². The van der Waals surface area contributed by atoms with Crippen molar-refractivity contribution in [1.82, 2.24) is 9.97 Å². The molecule has 2 aromatic heterocycles. The Morgan fingerprint density at radius 1 is 0.593 bits per heavy atom. The molecule has 2 nitrogen and oxygen atoms in total. The highest BCUT2D eigenvalue weighted by Gasteiger charge is 2.08. The third-order valence-electron chi connectivity index (χ3n) is 5.00. The molecule has 0 aliphatic heterocycles. The predicted octanol–water partition coefficient (Wildman–Crippen LogP) is 6.02. The normalized spacial score (nSPS) is 10.7. The van der Waals surface area contributed by atoms with Crippen LogP contribution in [0.2, 0.25) is 0 Å². The fraction of sp³-hybridized carbons (Fsp3) is 0.120. The molecular formula is C25H22N2. The van der Waals surface area contributed by atoms with Gasteiger partial charge in [-0.05, 0) is 78.9 Å². The summed E-state index contributed by atoms with van der Waals surface area (Å²) in [7, 11) is 0. The molecule has 0 aliphatic rings. The van der Waals surface area contributed by atoms with Crippen LogP contribution in [0.5, 0.6) is 0 Å². The molecule has 27 heavy (non-hydrogen) atoms. The van der Waals surface area contributed by atoms with Crippen molar-refractivity contribution in [1.29, 1.82) is 0 Å². The summed E-state index contributed by atoms with van der Waals surface area (Å²) >= 11 is 0. The van der Waals surface area contributed by atoms with Crippen molar-refractivity contribution in [2.75, 3.05) is 0 Å². The third-order valence-corrected chi connectivity index (χ3v) is 5.00. The number of benzene rings is 2. The van der Waals surface area contributed by atoms with E-state index < -0.39 is 0 Å². The molecule has 0 aliphatic carbocycles. The summed E-state index contributed by atoms with van der Waals surface area (Å²) in [6, 6.07) is 25.3. The van der Waals surface area contributed by atoms with Gasteiger partial charge >= 0.3 is 0 Å². The maximum atomic E-state index is 4.49. The van der Waals surface area contributed by atoms with Crippen LogP contribution in [0.4, 0.5) is 0 Å². The van der Waals surface area contributed by atoms with Crippen molar-refractivity contribution < 1.29 is 0 Å².